The van der Waals surface area contributed by atoms with Gasteiger partial charge in [-0.25, -0.2) is 8.42 Å². The number of amides is 1. The number of aryl methyl sites for hydroxylation is 1. The Kier molecular flexibility index (Phi) is 7.81. The van der Waals surface area contributed by atoms with Gasteiger partial charge in [0.1, 0.15) is 0 Å². The molecule has 1 aromatic heterocycles. The van der Waals surface area contributed by atoms with Crippen LogP contribution in [0.2, 0.25) is 10.0 Å². The number of sulfonamides is 1. The number of ether oxygens (including phenoxy) is 1. The summed E-state index contributed by atoms with van der Waals surface area (Å²) >= 11 is 14.1. The number of methoxy groups -OCH3 is 1. The van der Waals surface area contributed by atoms with Crippen LogP contribution in [0.3, 0.4) is 0 Å². The Morgan fingerprint density at radius 1 is 1.12 bits per heavy atom. The van der Waals surface area contributed by atoms with E-state index in [-0.39, 0.29) is 29.8 Å². The molecule has 1 aliphatic heterocycles. The van der Waals surface area contributed by atoms with Crippen LogP contribution in [0.15, 0.2) is 46.3 Å². The normalized spacial score (nSPS) is 16.4. The largest absolute Gasteiger partial charge is 0.383 e. The average Bonchev–Trinajstić information content (AvgIpc) is 3.19. The number of hydrogen-bond donors (Lipinski definition) is 0. The van der Waals surface area contributed by atoms with Gasteiger partial charge in [-0.05, 0) is 44.0 Å². The molecule has 1 fully saturated rings. The molecule has 0 atom stereocenters. The van der Waals surface area contributed by atoms with Crippen LogP contribution in [0.25, 0.3) is 10.2 Å². The van der Waals surface area contributed by atoms with Gasteiger partial charge in [-0.1, -0.05) is 52.2 Å². The van der Waals surface area contributed by atoms with Crippen molar-refractivity contribution in [3.05, 3.63) is 56.8 Å². The first-order valence-corrected chi connectivity index (χ1v) is 13.9. The zero-order chi connectivity index (χ0) is 24.5. The zero-order valence-electron chi connectivity index (χ0n) is 18.8. The molecule has 11 heteroatoms. The Hall–Kier alpha value is -1.75. The lowest BCUT2D eigenvalue weighted by molar-refractivity contribution is -0.122. The second-order valence-corrected chi connectivity index (χ2v) is 11.9. The minimum Gasteiger partial charge on any atom is -0.383 e. The molecule has 3 aromatic rings. The summed E-state index contributed by atoms with van der Waals surface area (Å²) in [6.45, 7) is 3.35. The van der Waals surface area contributed by atoms with E-state index in [2.05, 4.69) is 4.99 Å². The molecule has 4 rings (SSSR count). The number of fused-ring (bicyclic) bond motifs is 1. The zero-order valence-corrected chi connectivity index (χ0v) is 22.0. The Morgan fingerprint density at radius 3 is 2.41 bits per heavy atom. The van der Waals surface area contributed by atoms with Crippen molar-refractivity contribution in [2.75, 3.05) is 26.8 Å². The summed E-state index contributed by atoms with van der Waals surface area (Å²) in [7, 11) is -1.98. The molecule has 0 bridgehead atoms. The van der Waals surface area contributed by atoms with Crippen molar-refractivity contribution in [3.8, 4) is 0 Å². The van der Waals surface area contributed by atoms with Gasteiger partial charge in [-0.15, -0.1) is 0 Å². The lowest BCUT2D eigenvalue weighted by atomic mass is 9.98. The number of nitrogens with zero attached hydrogens (tertiary/aromatic N) is 3. The third-order valence-electron chi connectivity index (χ3n) is 5.92. The third kappa shape index (κ3) is 5.10. The Labute approximate surface area is 212 Å². The maximum atomic E-state index is 13.1. The molecule has 2 aromatic carbocycles. The predicted octanol–water partition coefficient (Wildman–Crippen LogP) is 4.49. The summed E-state index contributed by atoms with van der Waals surface area (Å²) in [5.41, 5.74) is 1.72. The number of thiazole rings is 1. The first-order valence-electron chi connectivity index (χ1n) is 10.8. The molecule has 1 saturated heterocycles. The standard InChI is InChI=1S/C23H25Cl2N3O4S2/c1-15-3-5-17(6-4-15)34(30,31)27-11-9-16(10-12-27)22(29)26-23-28(13-14-32-2)20-18(24)7-8-19(25)21(20)33-23/h3-8,16H,9-14H2,1-2H3. The van der Waals surface area contributed by atoms with Gasteiger partial charge in [0.25, 0.3) is 5.91 Å². The highest BCUT2D eigenvalue weighted by Gasteiger charge is 2.32. The minimum absolute atomic E-state index is 0.266. The van der Waals surface area contributed by atoms with Crippen molar-refractivity contribution in [2.24, 2.45) is 10.9 Å². The number of aromatic nitrogens is 1. The van der Waals surface area contributed by atoms with Gasteiger partial charge in [-0.2, -0.15) is 9.30 Å². The Balaban J connectivity index is 1.56. The fourth-order valence-corrected chi connectivity index (χ4v) is 7.12. The Bertz CT molecular complexity index is 1370. The highest BCUT2D eigenvalue weighted by Crippen LogP contribution is 2.32. The van der Waals surface area contributed by atoms with Crippen molar-refractivity contribution in [1.82, 2.24) is 8.87 Å². The van der Waals surface area contributed by atoms with Crippen LogP contribution in [-0.4, -0.2) is 50.0 Å². The van der Waals surface area contributed by atoms with Gasteiger partial charge in [0, 0.05) is 32.7 Å². The van der Waals surface area contributed by atoms with E-state index in [9.17, 15) is 13.2 Å². The van der Waals surface area contributed by atoms with Crippen LogP contribution in [0, 0.1) is 12.8 Å². The molecular weight excluding hydrogens is 517 g/mol. The van der Waals surface area contributed by atoms with Gasteiger partial charge in [-0.3, -0.25) is 4.79 Å². The summed E-state index contributed by atoms with van der Waals surface area (Å²) in [5.74, 6) is -0.617. The number of halogens is 2. The van der Waals surface area contributed by atoms with Crippen molar-refractivity contribution < 1.29 is 17.9 Å². The van der Waals surface area contributed by atoms with E-state index in [0.29, 0.717) is 40.8 Å². The van der Waals surface area contributed by atoms with Crippen molar-refractivity contribution in [3.63, 3.8) is 0 Å². The number of rotatable bonds is 6. The third-order valence-corrected chi connectivity index (χ3v) is 9.67. The fraction of sp³-hybridized carbons (Fsp3) is 0.391. The van der Waals surface area contributed by atoms with E-state index in [0.717, 1.165) is 15.8 Å². The van der Waals surface area contributed by atoms with Crippen molar-refractivity contribution in [2.45, 2.75) is 31.2 Å². The van der Waals surface area contributed by atoms with Crippen LogP contribution in [0.4, 0.5) is 0 Å². The molecule has 0 N–H and O–H groups in total. The predicted molar refractivity (Wildman–Crippen MR) is 135 cm³/mol. The summed E-state index contributed by atoms with van der Waals surface area (Å²) in [4.78, 5) is 18.2. The van der Waals surface area contributed by atoms with E-state index < -0.39 is 10.0 Å². The Morgan fingerprint density at radius 2 is 1.76 bits per heavy atom. The van der Waals surface area contributed by atoms with Gasteiger partial charge < -0.3 is 9.30 Å². The first kappa shape index (κ1) is 25.3. The number of carbonyl (C=O) groups excluding carboxylic acids is 1. The molecule has 0 unspecified atom stereocenters. The van der Waals surface area contributed by atoms with Crippen LogP contribution < -0.4 is 4.80 Å². The van der Waals surface area contributed by atoms with Gasteiger partial charge in [0.2, 0.25) is 10.0 Å². The molecule has 0 spiro atoms. The minimum atomic E-state index is -3.58. The van der Waals surface area contributed by atoms with Crippen molar-refractivity contribution in [1.29, 1.82) is 0 Å². The molecule has 7 nitrogen and oxygen atoms in total. The quantitative estimate of drug-likeness (QED) is 0.460. The summed E-state index contributed by atoms with van der Waals surface area (Å²) in [6, 6.07) is 10.2. The van der Waals surface area contributed by atoms with Crippen LogP contribution in [-0.2, 0) is 26.1 Å². The number of piperidine rings is 1. The molecule has 1 amide bonds. The molecule has 1 aliphatic rings. The van der Waals surface area contributed by atoms with Gasteiger partial charge in [0.05, 0.1) is 31.8 Å². The van der Waals surface area contributed by atoms with E-state index in [1.54, 1.807) is 43.5 Å². The monoisotopic (exact) mass is 541 g/mol. The highest BCUT2D eigenvalue weighted by molar-refractivity contribution is 7.89. The number of benzene rings is 2. The molecule has 2 heterocycles. The average molecular weight is 543 g/mol. The lowest BCUT2D eigenvalue weighted by Gasteiger charge is -2.29. The van der Waals surface area contributed by atoms with Gasteiger partial charge >= 0.3 is 0 Å². The smallest absolute Gasteiger partial charge is 0.251 e. The van der Waals surface area contributed by atoms with E-state index in [1.165, 1.54) is 15.6 Å². The maximum absolute atomic E-state index is 13.1. The first-order chi connectivity index (χ1) is 16.2. The van der Waals surface area contributed by atoms with Crippen LogP contribution in [0.5, 0.6) is 0 Å². The molecule has 182 valence electrons. The SMILES string of the molecule is COCCn1c(=NC(=O)C2CCN(S(=O)(=O)c3ccc(C)cc3)CC2)sc2c(Cl)ccc(Cl)c21. The van der Waals surface area contributed by atoms with Crippen molar-refractivity contribution >= 4 is 60.7 Å². The molecule has 0 radical (unpaired) electrons. The molecule has 34 heavy (non-hydrogen) atoms. The maximum Gasteiger partial charge on any atom is 0.251 e. The summed E-state index contributed by atoms with van der Waals surface area (Å²) in [5, 5.41) is 1.06. The second-order valence-electron chi connectivity index (χ2n) is 8.18. The molecule has 0 saturated carbocycles. The second kappa shape index (κ2) is 10.5. The number of hydrogen-bond acceptors (Lipinski definition) is 5. The van der Waals surface area contributed by atoms with Crippen LogP contribution >= 0.6 is 34.5 Å². The number of carbonyl (C=O) groups is 1. The topological polar surface area (TPSA) is 81.0 Å². The molecular formula is C23H25Cl2N3O4S2. The highest BCUT2D eigenvalue weighted by atomic mass is 35.5. The van der Waals surface area contributed by atoms with E-state index in [4.69, 9.17) is 27.9 Å². The summed E-state index contributed by atoms with van der Waals surface area (Å²) in [6.07, 6.45) is 0.829. The van der Waals surface area contributed by atoms with E-state index in [1.807, 2.05) is 11.5 Å². The lowest BCUT2D eigenvalue weighted by Crippen LogP contribution is -2.40. The molecule has 0 aliphatic carbocycles. The summed E-state index contributed by atoms with van der Waals surface area (Å²) < 4.78 is 35.2. The fourth-order valence-electron chi connectivity index (χ4n) is 3.97. The van der Waals surface area contributed by atoms with Gasteiger partial charge in [0.15, 0.2) is 4.80 Å². The van der Waals surface area contributed by atoms with Crippen LogP contribution in [0.1, 0.15) is 18.4 Å². The van der Waals surface area contributed by atoms with E-state index >= 15 is 0 Å².